The summed E-state index contributed by atoms with van der Waals surface area (Å²) in [7, 11) is 0. The van der Waals surface area contributed by atoms with Gasteiger partial charge in [-0.05, 0) is 72.8 Å². The van der Waals surface area contributed by atoms with E-state index in [0.717, 1.165) is 115 Å². The lowest BCUT2D eigenvalue weighted by atomic mass is 10.0. The smallest absolute Gasteiger partial charge is 0.238 e. The van der Waals surface area contributed by atoms with Crippen molar-refractivity contribution >= 4 is 115 Å². The van der Waals surface area contributed by atoms with Crippen LogP contribution in [0.2, 0.25) is 0 Å². The third-order valence-corrected chi connectivity index (χ3v) is 15.7. The molecule has 7 nitrogen and oxygen atoms in total. The van der Waals surface area contributed by atoms with Crippen molar-refractivity contribution in [1.29, 1.82) is 5.26 Å². The predicted octanol–water partition coefficient (Wildman–Crippen LogP) is 17.6. The van der Waals surface area contributed by atoms with Crippen LogP contribution in [0.15, 0.2) is 237 Å². The Balaban J connectivity index is 1.21. The number of aromatic nitrogens is 5. The van der Waals surface area contributed by atoms with Crippen molar-refractivity contribution < 1.29 is 0 Å². The van der Waals surface area contributed by atoms with Crippen LogP contribution in [0.5, 0.6) is 0 Å². The van der Waals surface area contributed by atoms with E-state index >= 15 is 0 Å². The first kappa shape index (κ1) is 41.1. The Hall–Kier alpha value is -10.6. The highest BCUT2D eigenvalue weighted by molar-refractivity contribution is 6.21. The fraction of sp³-hybridized carbons (Fsp3) is 0. The van der Waals surface area contributed by atoms with Crippen LogP contribution >= 0.6 is 0 Å². The van der Waals surface area contributed by atoms with E-state index < -0.39 is 0 Å². The van der Waals surface area contributed by atoms with E-state index in [1.807, 2.05) is 0 Å². The molecule has 0 fully saturated rings. The molecule has 0 N–H and O–H groups in total. The van der Waals surface area contributed by atoms with E-state index in [1.54, 1.807) is 0 Å². The topological polar surface area (TPSA) is 52.8 Å². The van der Waals surface area contributed by atoms with E-state index in [0.29, 0.717) is 34.0 Å². The molecule has 0 unspecified atom stereocenters. The molecule has 0 radical (unpaired) electrons. The highest BCUT2D eigenvalue weighted by atomic mass is 15.1. The lowest BCUT2D eigenvalue weighted by Crippen LogP contribution is -2.14. The van der Waals surface area contributed by atoms with Gasteiger partial charge in [0.05, 0.1) is 84.5 Å². The van der Waals surface area contributed by atoms with Gasteiger partial charge >= 0.3 is 0 Å². The fourth-order valence-corrected chi connectivity index (χ4v) is 12.8. The van der Waals surface area contributed by atoms with Crippen LogP contribution in [-0.2, 0) is 0 Å². The molecular formula is C68H39N7. The first-order valence-corrected chi connectivity index (χ1v) is 25.2. The van der Waals surface area contributed by atoms with Crippen LogP contribution in [0.25, 0.3) is 142 Å². The van der Waals surface area contributed by atoms with E-state index in [9.17, 15) is 11.8 Å². The molecular weight excluding hydrogens is 915 g/mol. The van der Waals surface area contributed by atoms with Crippen molar-refractivity contribution in [3.05, 3.63) is 254 Å². The van der Waals surface area contributed by atoms with Crippen molar-refractivity contribution in [2.24, 2.45) is 0 Å². The largest absolute Gasteiger partial charge is 0.317 e. The quantitative estimate of drug-likeness (QED) is 0.159. The Kier molecular flexibility index (Phi) is 8.46. The number of para-hydroxylation sites is 9. The van der Waals surface area contributed by atoms with Crippen LogP contribution in [0, 0.1) is 17.9 Å². The third kappa shape index (κ3) is 5.45. The van der Waals surface area contributed by atoms with Crippen molar-refractivity contribution in [1.82, 2.24) is 22.8 Å². The van der Waals surface area contributed by atoms with Gasteiger partial charge < -0.3 is 22.8 Å². The minimum atomic E-state index is 0.403. The molecule has 0 aliphatic rings. The summed E-state index contributed by atoms with van der Waals surface area (Å²) >= 11 is 0. The Morgan fingerprint density at radius 3 is 0.880 bits per heavy atom. The molecule has 0 saturated heterocycles. The summed E-state index contributed by atoms with van der Waals surface area (Å²) in [6.45, 7) is 9.93. The molecule has 5 heterocycles. The van der Waals surface area contributed by atoms with E-state index in [1.165, 1.54) is 0 Å². The van der Waals surface area contributed by atoms with Gasteiger partial charge in [-0.2, -0.15) is 5.26 Å². The molecule has 0 amide bonds. The summed E-state index contributed by atoms with van der Waals surface area (Å²) in [5.41, 5.74) is 13.9. The average molecular weight is 954 g/mol. The second-order valence-corrected chi connectivity index (χ2v) is 19.4. The molecule has 346 valence electrons. The summed E-state index contributed by atoms with van der Waals surface area (Å²) in [5.74, 6) is 0. The maximum absolute atomic E-state index is 12.7. The number of hydrogen-bond acceptors (Lipinski definition) is 1. The zero-order chi connectivity index (χ0) is 49.5. The molecule has 75 heavy (non-hydrogen) atoms. The number of nitriles is 1. The van der Waals surface area contributed by atoms with Gasteiger partial charge in [0.1, 0.15) is 11.6 Å². The first-order valence-electron chi connectivity index (χ1n) is 25.2. The van der Waals surface area contributed by atoms with Gasteiger partial charge in [-0.1, -0.05) is 164 Å². The lowest BCUT2D eigenvalue weighted by molar-refractivity contribution is 1.04. The average Bonchev–Trinajstić information content (AvgIpc) is 4.30. The summed E-state index contributed by atoms with van der Waals surface area (Å²) in [6.07, 6.45) is 0. The molecule has 11 aromatic carbocycles. The number of rotatable bonds is 5. The Bertz CT molecular complexity index is 5060. The minimum absolute atomic E-state index is 0.403. The zero-order valence-corrected chi connectivity index (χ0v) is 40.1. The van der Waals surface area contributed by atoms with Gasteiger partial charge in [0.2, 0.25) is 5.69 Å². The molecule has 16 aromatic rings. The van der Waals surface area contributed by atoms with Crippen LogP contribution in [0.4, 0.5) is 5.69 Å². The minimum Gasteiger partial charge on any atom is -0.317 e. The highest BCUT2D eigenvalue weighted by Crippen LogP contribution is 2.52. The van der Waals surface area contributed by atoms with Crippen LogP contribution in [0.3, 0.4) is 0 Å². The van der Waals surface area contributed by atoms with E-state index in [4.69, 9.17) is 4.85 Å². The monoisotopic (exact) mass is 953 g/mol. The Morgan fingerprint density at radius 1 is 0.280 bits per heavy atom. The number of hydrogen-bond donors (Lipinski definition) is 0. The molecule has 0 aliphatic carbocycles. The summed E-state index contributed by atoms with van der Waals surface area (Å²) in [6, 6.07) is 86.0. The Morgan fingerprint density at radius 2 is 0.547 bits per heavy atom. The maximum Gasteiger partial charge on any atom is 0.238 e. The van der Waals surface area contributed by atoms with Gasteiger partial charge in [0, 0.05) is 59.5 Å². The first-order chi connectivity index (χ1) is 37.2. The van der Waals surface area contributed by atoms with Gasteiger partial charge in [-0.15, -0.1) is 0 Å². The van der Waals surface area contributed by atoms with Crippen LogP contribution < -0.4 is 0 Å². The summed E-state index contributed by atoms with van der Waals surface area (Å²) in [4.78, 5) is 4.88. The summed E-state index contributed by atoms with van der Waals surface area (Å²) < 4.78 is 11.4. The predicted molar refractivity (Wildman–Crippen MR) is 309 cm³/mol. The van der Waals surface area contributed by atoms with Gasteiger partial charge in [0.15, 0.2) is 0 Å². The van der Waals surface area contributed by atoms with Gasteiger partial charge in [-0.3, -0.25) is 0 Å². The highest BCUT2D eigenvalue weighted by Gasteiger charge is 2.34. The fourth-order valence-electron chi connectivity index (χ4n) is 12.8. The maximum atomic E-state index is 12.7. The van der Waals surface area contributed by atoms with Crippen molar-refractivity contribution in [2.75, 3.05) is 0 Å². The van der Waals surface area contributed by atoms with E-state index in [2.05, 4.69) is 265 Å². The van der Waals surface area contributed by atoms with Gasteiger partial charge in [-0.25, -0.2) is 4.85 Å². The molecule has 16 rings (SSSR count). The molecule has 0 spiro atoms. The molecule has 0 atom stereocenters. The molecule has 0 saturated carbocycles. The van der Waals surface area contributed by atoms with E-state index in [-0.39, 0.29) is 0 Å². The van der Waals surface area contributed by atoms with Crippen LogP contribution in [0.1, 0.15) is 5.56 Å². The second kappa shape index (κ2) is 15.5. The number of benzene rings is 11. The Labute approximate surface area is 428 Å². The molecule has 7 heteroatoms. The van der Waals surface area contributed by atoms with Crippen molar-refractivity contribution in [3.8, 4) is 34.5 Å². The van der Waals surface area contributed by atoms with Crippen molar-refractivity contribution in [3.63, 3.8) is 0 Å². The third-order valence-electron chi connectivity index (χ3n) is 15.7. The standard InChI is InChI=1S/C68H39N7/c1-70-64-67(74-59-36-18-9-27-47(59)48-28-10-19-37-60(48)74)65(72-55-32-14-5-23-43(55)44-24-6-15-33-56(44)72)53(41-69)66(73-57-34-16-7-25-45(57)46-26-8-17-35-58(46)73)68(64)75-61-38-20-12-30-50(61)52-39-51-49-29-11-13-31-54(49)71(62(51)40-63(52)75)42-21-3-2-4-22-42/h2-40H. The van der Waals surface area contributed by atoms with Crippen molar-refractivity contribution in [2.45, 2.75) is 0 Å². The zero-order valence-electron chi connectivity index (χ0n) is 40.1. The second-order valence-electron chi connectivity index (χ2n) is 19.4. The van der Waals surface area contributed by atoms with Crippen LogP contribution in [-0.4, -0.2) is 22.8 Å². The lowest BCUT2D eigenvalue weighted by Gasteiger charge is -2.27. The number of nitrogens with zero attached hydrogens (tertiary/aromatic N) is 7. The molecule has 0 bridgehead atoms. The molecule has 0 aliphatic heterocycles. The number of fused-ring (bicyclic) bond motifs is 15. The molecule has 5 aromatic heterocycles. The van der Waals surface area contributed by atoms with Gasteiger partial charge in [0.25, 0.3) is 0 Å². The SMILES string of the molecule is [C-]#[N+]c1c(-n2c3ccccc3c3ccccc32)c(-n2c3ccccc3c3ccccc32)c(C#N)c(-n2c3ccccc3c3ccccc32)c1-n1c2ccccc2c2cc3c4ccccc4n(-c4ccccc4)c3cc21. The summed E-state index contributed by atoms with van der Waals surface area (Å²) in [5, 5.41) is 23.3. The normalized spacial score (nSPS) is 12.0.